The Hall–Kier alpha value is -1.69. The molecule has 0 saturated heterocycles. The van der Waals surface area contributed by atoms with Crippen molar-refractivity contribution in [2.75, 3.05) is 32.6 Å². The molecule has 0 saturated carbocycles. The minimum atomic E-state index is -0.752. The molecule has 11 heteroatoms. The summed E-state index contributed by atoms with van der Waals surface area (Å²) in [6, 6.07) is 4.79. The molecule has 7 nitrogen and oxygen atoms in total. The van der Waals surface area contributed by atoms with Gasteiger partial charge in [0.25, 0.3) is 0 Å². The maximum atomic E-state index is 11.8. The number of amides is 1. The van der Waals surface area contributed by atoms with Crippen LogP contribution in [0, 0.1) is 11.3 Å². The van der Waals surface area contributed by atoms with Crippen molar-refractivity contribution in [3.63, 3.8) is 0 Å². The number of carbonyl (C=O) groups is 1. The average molecular weight is 454 g/mol. The van der Waals surface area contributed by atoms with Gasteiger partial charge in [0, 0.05) is 11.6 Å². The van der Waals surface area contributed by atoms with Crippen molar-refractivity contribution in [3.8, 4) is 17.5 Å². The van der Waals surface area contributed by atoms with E-state index in [0.717, 1.165) is 6.54 Å². The molecular formula is C16H16Cl4N4O3. The van der Waals surface area contributed by atoms with Gasteiger partial charge in [-0.3, -0.25) is 5.32 Å². The molecule has 0 unspecified atom stereocenters. The van der Waals surface area contributed by atoms with Crippen LogP contribution >= 0.6 is 47.2 Å². The predicted molar refractivity (Wildman–Crippen MR) is 107 cm³/mol. The lowest BCUT2D eigenvalue weighted by molar-refractivity contribution is 0.156. The maximum Gasteiger partial charge on any atom is 0.414 e. The molecule has 27 heavy (non-hydrogen) atoms. The number of hydrogen-bond acceptors (Lipinski definition) is 6. The highest BCUT2D eigenvalue weighted by atomic mass is 35.5. The van der Waals surface area contributed by atoms with E-state index >= 15 is 0 Å². The number of nitriles is 1. The molecule has 0 atom stereocenters. The number of aromatic nitrogens is 1. The number of anilines is 1. The molecule has 2 aromatic rings. The minimum absolute atomic E-state index is 0. The number of hydrogen-bond donors (Lipinski definition) is 1. The van der Waals surface area contributed by atoms with Crippen molar-refractivity contribution >= 4 is 59.2 Å². The maximum absolute atomic E-state index is 11.8. The van der Waals surface area contributed by atoms with Crippen LogP contribution in [0.3, 0.4) is 0 Å². The van der Waals surface area contributed by atoms with Gasteiger partial charge < -0.3 is 14.1 Å². The normalized spacial score (nSPS) is 10.3. The monoisotopic (exact) mass is 452 g/mol. The molecule has 0 aliphatic rings. The van der Waals surface area contributed by atoms with Crippen LogP contribution in [0.4, 0.5) is 10.7 Å². The fraction of sp³-hybridized carbons (Fsp3) is 0.312. The van der Waals surface area contributed by atoms with Crippen LogP contribution < -0.4 is 5.32 Å². The van der Waals surface area contributed by atoms with Crippen LogP contribution in [0.5, 0.6) is 0 Å². The van der Waals surface area contributed by atoms with Crippen LogP contribution in [0.15, 0.2) is 16.5 Å². The van der Waals surface area contributed by atoms with Gasteiger partial charge in [0.05, 0.1) is 22.2 Å². The summed E-state index contributed by atoms with van der Waals surface area (Å²) in [7, 11) is 3.84. The lowest BCUT2D eigenvalue weighted by atomic mass is 10.2. The summed E-state index contributed by atoms with van der Waals surface area (Å²) in [5.41, 5.74) is 0.172. The molecule has 0 fully saturated rings. The Morgan fingerprint density at radius 1 is 1.37 bits per heavy atom. The fourth-order valence-electron chi connectivity index (χ4n) is 1.98. The van der Waals surface area contributed by atoms with Gasteiger partial charge in [0.1, 0.15) is 6.07 Å². The van der Waals surface area contributed by atoms with Gasteiger partial charge >= 0.3 is 6.09 Å². The number of oxazole rings is 1. The van der Waals surface area contributed by atoms with E-state index in [2.05, 4.69) is 10.3 Å². The number of halogens is 4. The molecule has 1 aromatic carbocycles. The van der Waals surface area contributed by atoms with E-state index in [1.807, 2.05) is 25.1 Å². The molecule has 1 aromatic heterocycles. The highest BCUT2D eigenvalue weighted by Gasteiger charge is 2.20. The molecule has 0 aliphatic heterocycles. The quantitative estimate of drug-likeness (QED) is 0.483. The van der Waals surface area contributed by atoms with Crippen molar-refractivity contribution in [2.45, 2.75) is 6.42 Å². The Kier molecular flexibility index (Phi) is 9.16. The second-order valence-electron chi connectivity index (χ2n) is 5.48. The first-order valence-electron chi connectivity index (χ1n) is 7.46. The van der Waals surface area contributed by atoms with E-state index in [0.29, 0.717) is 17.0 Å². The van der Waals surface area contributed by atoms with Crippen LogP contribution in [-0.2, 0) is 4.74 Å². The Labute approximate surface area is 177 Å². The lowest BCUT2D eigenvalue weighted by Gasteiger charge is -2.09. The highest BCUT2D eigenvalue weighted by molar-refractivity contribution is 6.44. The van der Waals surface area contributed by atoms with Gasteiger partial charge in [0.2, 0.25) is 17.5 Å². The topological polar surface area (TPSA) is 91.4 Å². The molecular weight excluding hydrogens is 438 g/mol. The number of carbonyl (C=O) groups excluding carboxylic acids is 1. The zero-order valence-electron chi connectivity index (χ0n) is 14.4. The second kappa shape index (κ2) is 10.6. The molecule has 0 bridgehead atoms. The standard InChI is InChI=1S/C16H15Cl3N4O3.ClH/c1-23(2)4-3-5-25-16(24)22-15-12(8-20)21-14(26-15)10-6-9(17)7-11(18)13(10)19;/h6-7H,3-5H2,1-2H3,(H,22,24);1H. The summed E-state index contributed by atoms with van der Waals surface area (Å²) in [6.07, 6.45) is -0.0812. The first-order chi connectivity index (χ1) is 12.3. The highest BCUT2D eigenvalue weighted by Crippen LogP contribution is 2.37. The summed E-state index contributed by atoms with van der Waals surface area (Å²) in [6.45, 7) is 1.000. The number of ether oxygens (including phenoxy) is 1. The largest absolute Gasteiger partial charge is 0.449 e. The Morgan fingerprint density at radius 3 is 2.70 bits per heavy atom. The number of nitrogens with one attached hydrogen (secondary N) is 1. The Morgan fingerprint density at radius 2 is 2.07 bits per heavy atom. The van der Waals surface area contributed by atoms with Crippen molar-refractivity contribution in [3.05, 3.63) is 32.9 Å². The van der Waals surface area contributed by atoms with Gasteiger partial charge in [0.15, 0.2) is 0 Å². The third kappa shape index (κ3) is 6.45. The van der Waals surface area contributed by atoms with E-state index in [1.165, 1.54) is 12.1 Å². The summed E-state index contributed by atoms with van der Waals surface area (Å²) in [5, 5.41) is 12.2. The molecule has 0 aliphatic carbocycles. The zero-order chi connectivity index (χ0) is 19.3. The van der Waals surface area contributed by atoms with Crippen LogP contribution in [0.1, 0.15) is 12.1 Å². The van der Waals surface area contributed by atoms with Gasteiger partial charge in [-0.15, -0.1) is 12.4 Å². The molecule has 0 radical (unpaired) electrons. The van der Waals surface area contributed by atoms with Crippen molar-refractivity contribution < 1.29 is 13.9 Å². The van der Waals surface area contributed by atoms with E-state index in [4.69, 9.17) is 44.0 Å². The van der Waals surface area contributed by atoms with Gasteiger partial charge in [-0.25, -0.2) is 4.79 Å². The number of rotatable bonds is 6. The predicted octanol–water partition coefficient (Wildman–Crippen LogP) is 5.10. The van der Waals surface area contributed by atoms with Crippen molar-refractivity contribution in [1.82, 2.24) is 9.88 Å². The minimum Gasteiger partial charge on any atom is -0.449 e. The molecule has 1 amide bonds. The number of benzene rings is 1. The van der Waals surface area contributed by atoms with Crippen LogP contribution in [-0.4, -0.2) is 43.2 Å². The Balaban J connectivity index is 0.00000364. The lowest BCUT2D eigenvalue weighted by Crippen LogP contribution is -2.18. The van der Waals surface area contributed by atoms with Crippen LogP contribution in [0.25, 0.3) is 11.5 Å². The molecule has 146 valence electrons. The molecule has 1 N–H and O–H groups in total. The summed E-state index contributed by atoms with van der Waals surface area (Å²) in [5.74, 6) is -0.147. The summed E-state index contributed by atoms with van der Waals surface area (Å²) < 4.78 is 10.5. The van der Waals surface area contributed by atoms with Crippen molar-refractivity contribution in [1.29, 1.82) is 5.26 Å². The molecule has 2 rings (SSSR count). The third-order valence-corrected chi connectivity index (χ3v) is 4.18. The Bertz CT molecular complexity index is 849. The van der Waals surface area contributed by atoms with E-state index in [9.17, 15) is 10.1 Å². The number of nitrogens with zero attached hydrogens (tertiary/aromatic N) is 3. The van der Waals surface area contributed by atoms with Gasteiger partial charge in [-0.05, 0) is 32.6 Å². The van der Waals surface area contributed by atoms with Gasteiger partial charge in [-0.1, -0.05) is 34.8 Å². The third-order valence-electron chi connectivity index (χ3n) is 3.15. The average Bonchev–Trinajstić information content (AvgIpc) is 2.97. The van der Waals surface area contributed by atoms with E-state index < -0.39 is 6.09 Å². The van der Waals surface area contributed by atoms with E-state index in [-0.39, 0.29) is 46.5 Å². The molecule has 0 spiro atoms. The van der Waals surface area contributed by atoms with Gasteiger partial charge in [-0.2, -0.15) is 10.2 Å². The first-order valence-corrected chi connectivity index (χ1v) is 8.59. The smallest absolute Gasteiger partial charge is 0.414 e. The van der Waals surface area contributed by atoms with E-state index in [1.54, 1.807) is 0 Å². The second-order valence-corrected chi connectivity index (χ2v) is 6.70. The zero-order valence-corrected chi connectivity index (χ0v) is 17.5. The summed E-state index contributed by atoms with van der Waals surface area (Å²) >= 11 is 18.1. The summed E-state index contributed by atoms with van der Waals surface area (Å²) in [4.78, 5) is 17.8. The molecule has 1 heterocycles. The first kappa shape index (κ1) is 23.3. The fourth-order valence-corrected chi connectivity index (χ4v) is 2.67. The van der Waals surface area contributed by atoms with Crippen LogP contribution in [0.2, 0.25) is 15.1 Å². The SMILES string of the molecule is CN(C)CCCOC(=O)Nc1oc(-c2cc(Cl)cc(Cl)c2Cl)nc1C#N.Cl. The van der Waals surface area contributed by atoms with Crippen molar-refractivity contribution in [2.24, 2.45) is 0 Å².